The van der Waals surface area contributed by atoms with E-state index in [2.05, 4.69) is 26.0 Å². The van der Waals surface area contributed by atoms with Gasteiger partial charge in [-0.1, -0.05) is 15.9 Å². The molecule has 1 aromatic rings. The summed E-state index contributed by atoms with van der Waals surface area (Å²) >= 11 is 3.15. The van der Waals surface area contributed by atoms with E-state index in [0.29, 0.717) is 10.2 Å². The number of halogens is 4. The number of hydrogen-bond acceptors (Lipinski definition) is 3. The largest absolute Gasteiger partial charge is 0.573 e. The van der Waals surface area contributed by atoms with Crippen molar-refractivity contribution in [2.45, 2.75) is 44.1 Å². The third kappa shape index (κ3) is 4.56. The van der Waals surface area contributed by atoms with Gasteiger partial charge in [-0.05, 0) is 43.9 Å². The minimum atomic E-state index is -4.70. The molecule has 1 aliphatic rings. The number of hydrogen-bond donors (Lipinski definition) is 2. The number of rotatable bonds is 3. The quantitative estimate of drug-likeness (QED) is 0.863. The van der Waals surface area contributed by atoms with Crippen molar-refractivity contribution < 1.29 is 17.9 Å². The molecular formula is C13H16BrF3N2O. The molecule has 0 bridgehead atoms. The number of nitrogens with two attached hydrogens (primary N) is 1. The van der Waals surface area contributed by atoms with E-state index in [4.69, 9.17) is 5.73 Å². The number of alkyl halides is 3. The lowest BCUT2D eigenvalue weighted by molar-refractivity contribution is -0.274. The van der Waals surface area contributed by atoms with Crippen LogP contribution < -0.4 is 15.8 Å². The smallest absolute Gasteiger partial charge is 0.404 e. The summed E-state index contributed by atoms with van der Waals surface area (Å²) in [6, 6.07) is 4.90. The zero-order chi connectivity index (χ0) is 14.8. The van der Waals surface area contributed by atoms with Gasteiger partial charge in [-0.2, -0.15) is 0 Å². The van der Waals surface area contributed by atoms with Gasteiger partial charge < -0.3 is 15.8 Å². The molecule has 0 spiro atoms. The summed E-state index contributed by atoms with van der Waals surface area (Å²) in [4.78, 5) is 0. The molecule has 1 fully saturated rings. The Labute approximate surface area is 123 Å². The summed E-state index contributed by atoms with van der Waals surface area (Å²) in [6.07, 6.45) is -1.25. The molecule has 0 aromatic heterocycles. The highest BCUT2D eigenvalue weighted by Crippen LogP contribution is 2.34. The zero-order valence-corrected chi connectivity index (χ0v) is 12.3. The Morgan fingerprint density at radius 1 is 1.20 bits per heavy atom. The van der Waals surface area contributed by atoms with Crippen molar-refractivity contribution in [3.63, 3.8) is 0 Å². The van der Waals surface area contributed by atoms with Gasteiger partial charge in [0, 0.05) is 16.6 Å². The lowest BCUT2D eigenvalue weighted by Gasteiger charge is -2.28. The van der Waals surface area contributed by atoms with E-state index in [9.17, 15) is 13.2 Å². The molecule has 0 radical (unpaired) electrons. The van der Waals surface area contributed by atoms with Gasteiger partial charge in [0.25, 0.3) is 0 Å². The topological polar surface area (TPSA) is 47.3 Å². The molecule has 0 saturated heterocycles. The molecule has 1 aliphatic carbocycles. The molecule has 2 rings (SSSR count). The van der Waals surface area contributed by atoms with Crippen LogP contribution in [-0.4, -0.2) is 18.4 Å². The molecule has 20 heavy (non-hydrogen) atoms. The Morgan fingerprint density at radius 3 is 2.45 bits per heavy atom. The first-order valence-corrected chi connectivity index (χ1v) is 7.20. The molecule has 1 saturated carbocycles. The molecule has 1 aromatic carbocycles. The zero-order valence-electron chi connectivity index (χ0n) is 10.7. The van der Waals surface area contributed by atoms with Crippen LogP contribution in [0, 0.1) is 0 Å². The summed E-state index contributed by atoms with van der Waals surface area (Å²) < 4.78 is 41.8. The summed E-state index contributed by atoms with van der Waals surface area (Å²) in [5.41, 5.74) is 6.17. The maximum absolute atomic E-state index is 12.4. The van der Waals surface area contributed by atoms with Gasteiger partial charge in [-0.25, -0.2) is 0 Å². The van der Waals surface area contributed by atoms with Crippen molar-refractivity contribution in [2.75, 3.05) is 5.32 Å². The van der Waals surface area contributed by atoms with Crippen molar-refractivity contribution in [1.82, 2.24) is 0 Å². The molecule has 3 N–H and O–H groups in total. The molecule has 0 atom stereocenters. The van der Waals surface area contributed by atoms with Gasteiger partial charge in [0.1, 0.15) is 0 Å². The first-order chi connectivity index (χ1) is 9.33. The Bertz CT molecular complexity index is 459. The fraction of sp³-hybridized carbons (Fsp3) is 0.538. The highest BCUT2D eigenvalue weighted by Gasteiger charge is 2.32. The van der Waals surface area contributed by atoms with Crippen molar-refractivity contribution in [2.24, 2.45) is 5.73 Å². The normalized spacial score (nSPS) is 23.4. The van der Waals surface area contributed by atoms with E-state index < -0.39 is 6.36 Å². The van der Waals surface area contributed by atoms with Crippen molar-refractivity contribution >= 4 is 21.6 Å². The van der Waals surface area contributed by atoms with Crippen molar-refractivity contribution in [1.29, 1.82) is 0 Å². The maximum atomic E-state index is 12.4. The van der Waals surface area contributed by atoms with Gasteiger partial charge in [-0.3, -0.25) is 0 Å². The molecular weight excluding hydrogens is 337 g/mol. The van der Waals surface area contributed by atoms with Gasteiger partial charge in [0.2, 0.25) is 0 Å². The molecule has 0 aliphatic heterocycles. The van der Waals surface area contributed by atoms with E-state index >= 15 is 0 Å². The Kier molecular flexibility index (Phi) is 4.80. The first kappa shape index (κ1) is 15.4. The standard InChI is InChI=1S/C13H16BrF3N2O/c14-8-1-6-11(12(7-8)20-13(15,16)17)19-10-4-2-9(18)3-5-10/h1,6-7,9-10,19H,2-5,18H2. The van der Waals surface area contributed by atoms with Crippen LogP contribution in [0.15, 0.2) is 22.7 Å². The van der Waals surface area contributed by atoms with Crippen molar-refractivity contribution in [3.8, 4) is 5.75 Å². The SMILES string of the molecule is NC1CCC(Nc2ccc(Br)cc2OC(F)(F)F)CC1. The molecule has 3 nitrogen and oxygen atoms in total. The minimum absolute atomic E-state index is 0.131. The third-order valence-electron chi connectivity index (χ3n) is 3.30. The number of ether oxygens (including phenoxy) is 1. The predicted octanol–water partition coefficient (Wildman–Crippen LogP) is 4.03. The molecule has 7 heteroatoms. The third-order valence-corrected chi connectivity index (χ3v) is 3.79. The maximum Gasteiger partial charge on any atom is 0.573 e. The molecule has 0 unspecified atom stereocenters. The number of benzene rings is 1. The summed E-state index contributed by atoms with van der Waals surface area (Å²) in [7, 11) is 0. The van der Waals surface area contributed by atoms with Crippen LogP contribution in [0.25, 0.3) is 0 Å². The van der Waals surface area contributed by atoms with Crippen LogP contribution in [0.3, 0.4) is 0 Å². The van der Waals surface area contributed by atoms with Crippen LogP contribution in [-0.2, 0) is 0 Å². The van der Waals surface area contributed by atoms with E-state index in [1.54, 1.807) is 12.1 Å². The second kappa shape index (κ2) is 6.22. The fourth-order valence-corrected chi connectivity index (χ4v) is 2.65. The van der Waals surface area contributed by atoms with E-state index in [-0.39, 0.29) is 17.8 Å². The van der Waals surface area contributed by atoms with E-state index in [1.807, 2.05) is 0 Å². The second-order valence-corrected chi connectivity index (χ2v) is 5.86. The molecule has 112 valence electrons. The van der Waals surface area contributed by atoms with Gasteiger partial charge in [-0.15, -0.1) is 13.2 Å². The highest BCUT2D eigenvalue weighted by atomic mass is 79.9. The monoisotopic (exact) mass is 352 g/mol. The predicted molar refractivity (Wildman–Crippen MR) is 74.7 cm³/mol. The van der Waals surface area contributed by atoms with Crippen LogP contribution >= 0.6 is 15.9 Å². The highest BCUT2D eigenvalue weighted by molar-refractivity contribution is 9.10. The minimum Gasteiger partial charge on any atom is -0.404 e. The van der Waals surface area contributed by atoms with Gasteiger partial charge in [0.05, 0.1) is 5.69 Å². The second-order valence-electron chi connectivity index (χ2n) is 4.94. The van der Waals surface area contributed by atoms with Crippen LogP contribution in [0.4, 0.5) is 18.9 Å². The Hall–Kier alpha value is -0.950. The lowest BCUT2D eigenvalue weighted by atomic mass is 9.91. The van der Waals surface area contributed by atoms with Crippen LogP contribution in [0.2, 0.25) is 0 Å². The fourth-order valence-electron chi connectivity index (χ4n) is 2.31. The summed E-state index contributed by atoms with van der Waals surface area (Å²) in [6.45, 7) is 0. The average Bonchev–Trinajstić information content (AvgIpc) is 2.33. The first-order valence-electron chi connectivity index (χ1n) is 6.41. The Morgan fingerprint density at radius 2 is 1.85 bits per heavy atom. The molecule has 0 heterocycles. The number of nitrogens with one attached hydrogen (secondary N) is 1. The van der Waals surface area contributed by atoms with Gasteiger partial charge in [0.15, 0.2) is 5.75 Å². The molecule has 0 amide bonds. The van der Waals surface area contributed by atoms with E-state index in [0.717, 1.165) is 25.7 Å². The summed E-state index contributed by atoms with van der Waals surface area (Å²) in [5, 5.41) is 3.12. The van der Waals surface area contributed by atoms with Crippen LogP contribution in [0.5, 0.6) is 5.75 Å². The van der Waals surface area contributed by atoms with E-state index in [1.165, 1.54) is 6.07 Å². The van der Waals surface area contributed by atoms with Crippen LogP contribution in [0.1, 0.15) is 25.7 Å². The number of anilines is 1. The summed E-state index contributed by atoms with van der Waals surface area (Å²) in [5.74, 6) is -0.221. The average molecular weight is 353 g/mol. The Balaban J connectivity index is 2.10. The van der Waals surface area contributed by atoms with Gasteiger partial charge >= 0.3 is 6.36 Å². The van der Waals surface area contributed by atoms with Crippen molar-refractivity contribution in [3.05, 3.63) is 22.7 Å². The lowest BCUT2D eigenvalue weighted by Crippen LogP contribution is -2.33.